The second-order valence-corrected chi connectivity index (χ2v) is 4.59. The highest BCUT2D eigenvalue weighted by Gasteiger charge is 2.29. The fraction of sp³-hybridized carbons (Fsp3) is 0.538. The molecule has 1 aliphatic rings. The van der Waals surface area contributed by atoms with Crippen molar-refractivity contribution in [1.29, 1.82) is 5.26 Å². The van der Waals surface area contributed by atoms with E-state index in [9.17, 15) is 5.11 Å². The third kappa shape index (κ3) is 2.59. The molecule has 1 aromatic rings. The van der Waals surface area contributed by atoms with Crippen LogP contribution < -0.4 is 0 Å². The Balaban J connectivity index is 2.10. The summed E-state index contributed by atoms with van der Waals surface area (Å²) in [5.74, 6) is 0. The lowest BCUT2D eigenvalue weighted by Gasteiger charge is -2.31. The van der Waals surface area contributed by atoms with Gasteiger partial charge in [-0.2, -0.15) is 5.26 Å². The van der Waals surface area contributed by atoms with E-state index in [1.165, 1.54) is 6.42 Å². The SMILES string of the molecule is N#Cc1cccc(CC2(O)CCCCC2)n1. The Hall–Kier alpha value is -1.40. The molecule has 0 unspecified atom stereocenters. The van der Waals surface area contributed by atoms with Crippen molar-refractivity contribution in [2.45, 2.75) is 44.1 Å². The standard InChI is InChI=1S/C13H16N2O/c14-10-12-6-4-5-11(15-12)9-13(16)7-2-1-3-8-13/h4-6,16H,1-3,7-9H2. The Morgan fingerprint density at radius 1 is 1.31 bits per heavy atom. The van der Waals surface area contributed by atoms with Crippen LogP contribution in [0.2, 0.25) is 0 Å². The second kappa shape index (κ2) is 4.63. The maximum atomic E-state index is 10.4. The van der Waals surface area contributed by atoms with E-state index in [0.717, 1.165) is 31.4 Å². The van der Waals surface area contributed by atoms with Crippen molar-refractivity contribution in [3.63, 3.8) is 0 Å². The molecule has 3 nitrogen and oxygen atoms in total. The van der Waals surface area contributed by atoms with Crippen molar-refractivity contribution in [1.82, 2.24) is 4.98 Å². The molecule has 1 heterocycles. The molecule has 2 rings (SSSR count). The smallest absolute Gasteiger partial charge is 0.140 e. The summed E-state index contributed by atoms with van der Waals surface area (Å²) < 4.78 is 0. The van der Waals surface area contributed by atoms with Crippen molar-refractivity contribution in [2.24, 2.45) is 0 Å². The number of nitrogens with zero attached hydrogens (tertiary/aromatic N) is 2. The Bertz CT molecular complexity index is 403. The summed E-state index contributed by atoms with van der Waals surface area (Å²) in [5.41, 5.74) is 0.652. The maximum Gasteiger partial charge on any atom is 0.140 e. The van der Waals surface area contributed by atoms with Gasteiger partial charge in [-0.15, -0.1) is 0 Å². The summed E-state index contributed by atoms with van der Waals surface area (Å²) in [6, 6.07) is 7.42. The monoisotopic (exact) mass is 216 g/mol. The first kappa shape index (κ1) is 11.1. The van der Waals surface area contributed by atoms with Gasteiger partial charge in [0.05, 0.1) is 5.60 Å². The molecule has 1 aromatic heterocycles. The van der Waals surface area contributed by atoms with E-state index in [2.05, 4.69) is 4.98 Å². The molecular weight excluding hydrogens is 200 g/mol. The molecule has 0 bridgehead atoms. The zero-order valence-electron chi connectivity index (χ0n) is 9.32. The van der Waals surface area contributed by atoms with Gasteiger partial charge in [0, 0.05) is 12.1 Å². The molecule has 1 aliphatic carbocycles. The summed E-state index contributed by atoms with van der Waals surface area (Å²) >= 11 is 0. The van der Waals surface area contributed by atoms with E-state index in [1.807, 2.05) is 18.2 Å². The van der Waals surface area contributed by atoms with Crippen molar-refractivity contribution < 1.29 is 5.11 Å². The molecule has 3 heteroatoms. The average molecular weight is 216 g/mol. The largest absolute Gasteiger partial charge is 0.389 e. The fourth-order valence-electron chi connectivity index (χ4n) is 2.36. The molecule has 0 aliphatic heterocycles. The van der Waals surface area contributed by atoms with Crippen molar-refractivity contribution in [2.75, 3.05) is 0 Å². The highest BCUT2D eigenvalue weighted by atomic mass is 16.3. The van der Waals surface area contributed by atoms with Gasteiger partial charge in [-0.3, -0.25) is 0 Å². The molecule has 1 N–H and O–H groups in total. The molecule has 0 radical (unpaired) electrons. The minimum Gasteiger partial charge on any atom is -0.389 e. The Kier molecular flexibility index (Phi) is 3.21. The van der Waals surface area contributed by atoms with Gasteiger partial charge in [0.15, 0.2) is 0 Å². The van der Waals surface area contributed by atoms with Gasteiger partial charge in [0.25, 0.3) is 0 Å². The van der Waals surface area contributed by atoms with Crippen LogP contribution in [0.4, 0.5) is 0 Å². The minimum absolute atomic E-state index is 0.428. The minimum atomic E-state index is -0.598. The van der Waals surface area contributed by atoms with Gasteiger partial charge in [0.1, 0.15) is 11.8 Å². The first-order valence-electron chi connectivity index (χ1n) is 5.80. The molecule has 0 saturated heterocycles. The third-order valence-electron chi connectivity index (χ3n) is 3.22. The molecule has 0 spiro atoms. The number of nitriles is 1. The quantitative estimate of drug-likeness (QED) is 0.824. The lowest BCUT2D eigenvalue weighted by molar-refractivity contribution is 0.00366. The molecule has 16 heavy (non-hydrogen) atoms. The van der Waals surface area contributed by atoms with Crippen LogP contribution in [-0.2, 0) is 6.42 Å². The number of aromatic nitrogens is 1. The fourth-order valence-corrected chi connectivity index (χ4v) is 2.36. The van der Waals surface area contributed by atoms with Crippen LogP contribution in [-0.4, -0.2) is 15.7 Å². The van der Waals surface area contributed by atoms with Gasteiger partial charge < -0.3 is 5.11 Å². The van der Waals surface area contributed by atoms with Crippen LogP contribution >= 0.6 is 0 Å². The summed E-state index contributed by atoms with van der Waals surface area (Å²) in [6.07, 6.45) is 5.68. The van der Waals surface area contributed by atoms with Crippen molar-refractivity contribution >= 4 is 0 Å². The van der Waals surface area contributed by atoms with Crippen LogP contribution in [0.15, 0.2) is 18.2 Å². The summed E-state index contributed by atoms with van der Waals surface area (Å²) in [4.78, 5) is 4.21. The van der Waals surface area contributed by atoms with Gasteiger partial charge in [-0.1, -0.05) is 25.3 Å². The van der Waals surface area contributed by atoms with Crippen LogP contribution in [0.1, 0.15) is 43.5 Å². The molecule has 0 amide bonds. The molecule has 0 atom stereocenters. The van der Waals surface area contributed by atoms with Gasteiger partial charge in [-0.25, -0.2) is 4.98 Å². The highest BCUT2D eigenvalue weighted by molar-refractivity contribution is 5.22. The first-order valence-corrected chi connectivity index (χ1v) is 5.80. The zero-order chi connectivity index (χ0) is 11.4. The van der Waals surface area contributed by atoms with Crippen LogP contribution in [0.25, 0.3) is 0 Å². The van der Waals surface area contributed by atoms with E-state index in [0.29, 0.717) is 12.1 Å². The predicted molar refractivity (Wildman–Crippen MR) is 60.7 cm³/mol. The molecular formula is C13H16N2O. The van der Waals surface area contributed by atoms with E-state index >= 15 is 0 Å². The van der Waals surface area contributed by atoms with Crippen molar-refractivity contribution in [3.05, 3.63) is 29.6 Å². The van der Waals surface area contributed by atoms with Crippen LogP contribution in [0.3, 0.4) is 0 Å². The molecule has 1 fully saturated rings. The summed E-state index contributed by atoms with van der Waals surface area (Å²) in [5, 5.41) is 19.1. The third-order valence-corrected chi connectivity index (χ3v) is 3.22. The summed E-state index contributed by atoms with van der Waals surface area (Å²) in [7, 11) is 0. The molecule has 1 saturated carbocycles. The topological polar surface area (TPSA) is 56.9 Å². The number of hydrogen-bond acceptors (Lipinski definition) is 3. The van der Waals surface area contributed by atoms with E-state index in [-0.39, 0.29) is 0 Å². The Morgan fingerprint density at radius 2 is 2.06 bits per heavy atom. The lowest BCUT2D eigenvalue weighted by Crippen LogP contribution is -2.34. The number of hydrogen-bond donors (Lipinski definition) is 1. The molecule has 0 aromatic carbocycles. The number of pyridine rings is 1. The van der Waals surface area contributed by atoms with E-state index in [4.69, 9.17) is 5.26 Å². The maximum absolute atomic E-state index is 10.4. The summed E-state index contributed by atoms with van der Waals surface area (Å²) in [6.45, 7) is 0. The predicted octanol–water partition coefficient (Wildman–Crippen LogP) is 2.19. The van der Waals surface area contributed by atoms with Gasteiger partial charge >= 0.3 is 0 Å². The Labute approximate surface area is 95.8 Å². The molecule has 84 valence electrons. The van der Waals surface area contributed by atoms with Crippen molar-refractivity contribution in [3.8, 4) is 6.07 Å². The highest BCUT2D eigenvalue weighted by Crippen LogP contribution is 2.30. The van der Waals surface area contributed by atoms with Crippen LogP contribution in [0, 0.1) is 11.3 Å². The second-order valence-electron chi connectivity index (χ2n) is 4.59. The zero-order valence-corrected chi connectivity index (χ0v) is 9.32. The Morgan fingerprint density at radius 3 is 2.75 bits per heavy atom. The first-order chi connectivity index (χ1) is 7.72. The number of aliphatic hydroxyl groups is 1. The van der Waals surface area contributed by atoms with E-state index < -0.39 is 5.60 Å². The van der Waals surface area contributed by atoms with E-state index in [1.54, 1.807) is 6.07 Å². The van der Waals surface area contributed by atoms with Gasteiger partial charge in [0.2, 0.25) is 0 Å². The van der Waals surface area contributed by atoms with Crippen LogP contribution in [0.5, 0.6) is 0 Å². The lowest BCUT2D eigenvalue weighted by atomic mass is 9.81. The average Bonchev–Trinajstić information content (AvgIpc) is 2.29. The van der Waals surface area contributed by atoms with Gasteiger partial charge in [-0.05, 0) is 25.0 Å². The normalized spacial score (nSPS) is 19.0. The number of rotatable bonds is 2.